The minimum Gasteiger partial charge on any atom is -0.491 e. The summed E-state index contributed by atoms with van der Waals surface area (Å²) in [6, 6.07) is 6.76. The molecule has 1 heterocycles. The molecule has 1 aromatic carbocycles. The van der Waals surface area contributed by atoms with Gasteiger partial charge in [0.15, 0.2) is 0 Å². The number of urea groups is 1. The molecule has 2 N–H and O–H groups in total. The molecule has 1 unspecified atom stereocenters. The van der Waals surface area contributed by atoms with Crippen molar-refractivity contribution >= 4 is 17.7 Å². The highest BCUT2D eigenvalue weighted by molar-refractivity contribution is 5.90. The lowest BCUT2D eigenvalue weighted by atomic mass is 10.1. The molecule has 0 aromatic heterocycles. The predicted molar refractivity (Wildman–Crippen MR) is 80.1 cm³/mol. The number of amides is 2. The van der Waals surface area contributed by atoms with Gasteiger partial charge in [-0.1, -0.05) is 6.07 Å². The summed E-state index contributed by atoms with van der Waals surface area (Å²) in [6.45, 7) is 1.61. The van der Waals surface area contributed by atoms with Gasteiger partial charge in [0, 0.05) is 32.0 Å². The van der Waals surface area contributed by atoms with Crippen LogP contribution < -0.4 is 10.1 Å². The number of methoxy groups -OCH3 is 1. The molecule has 2 amide bonds. The SMILES string of the molecule is COCCOc1cccc(NC(=O)N2CCC(C(=O)O)C2)c1. The summed E-state index contributed by atoms with van der Waals surface area (Å²) in [5, 5.41) is 11.7. The van der Waals surface area contributed by atoms with Gasteiger partial charge in [0.25, 0.3) is 0 Å². The van der Waals surface area contributed by atoms with Crippen LogP contribution in [0.3, 0.4) is 0 Å². The number of hydrogen-bond acceptors (Lipinski definition) is 4. The van der Waals surface area contributed by atoms with Gasteiger partial charge in [0.1, 0.15) is 12.4 Å². The molecule has 1 atom stereocenters. The average molecular weight is 308 g/mol. The number of carbonyl (C=O) groups is 2. The van der Waals surface area contributed by atoms with E-state index in [-0.39, 0.29) is 12.6 Å². The van der Waals surface area contributed by atoms with Gasteiger partial charge >= 0.3 is 12.0 Å². The summed E-state index contributed by atoms with van der Waals surface area (Å²) in [5.74, 6) is -0.696. The number of carboxylic acid groups (broad SMARTS) is 1. The lowest BCUT2D eigenvalue weighted by Gasteiger charge is -2.17. The van der Waals surface area contributed by atoms with Crippen LogP contribution in [0.4, 0.5) is 10.5 Å². The first-order chi connectivity index (χ1) is 10.6. The zero-order chi connectivity index (χ0) is 15.9. The Morgan fingerprint density at radius 3 is 2.91 bits per heavy atom. The van der Waals surface area contributed by atoms with E-state index >= 15 is 0 Å². The number of likely N-dealkylation sites (tertiary alicyclic amines) is 1. The van der Waals surface area contributed by atoms with Crippen LogP contribution in [0.2, 0.25) is 0 Å². The van der Waals surface area contributed by atoms with Crippen LogP contribution in [-0.2, 0) is 9.53 Å². The van der Waals surface area contributed by atoms with Crippen molar-refractivity contribution in [3.05, 3.63) is 24.3 Å². The Labute approximate surface area is 128 Å². The average Bonchev–Trinajstić information content (AvgIpc) is 2.98. The Morgan fingerprint density at radius 1 is 1.41 bits per heavy atom. The van der Waals surface area contributed by atoms with E-state index in [1.54, 1.807) is 31.4 Å². The minimum atomic E-state index is -0.858. The molecule has 0 aliphatic carbocycles. The van der Waals surface area contributed by atoms with E-state index in [2.05, 4.69) is 5.32 Å². The maximum atomic E-state index is 12.1. The van der Waals surface area contributed by atoms with E-state index in [1.807, 2.05) is 0 Å². The van der Waals surface area contributed by atoms with Gasteiger partial charge in [-0.3, -0.25) is 4.79 Å². The molecule has 2 rings (SSSR count). The normalized spacial score (nSPS) is 17.3. The zero-order valence-corrected chi connectivity index (χ0v) is 12.4. The molecule has 0 bridgehead atoms. The van der Waals surface area contributed by atoms with Gasteiger partial charge < -0.3 is 24.8 Å². The monoisotopic (exact) mass is 308 g/mol. The number of aliphatic carboxylic acids is 1. The van der Waals surface area contributed by atoms with Crippen LogP contribution in [0.25, 0.3) is 0 Å². The summed E-state index contributed by atoms with van der Waals surface area (Å²) < 4.78 is 10.4. The van der Waals surface area contributed by atoms with Gasteiger partial charge in [-0.05, 0) is 18.6 Å². The second-order valence-corrected chi connectivity index (χ2v) is 5.07. The topological polar surface area (TPSA) is 88.1 Å². The number of carbonyl (C=O) groups excluding carboxylic acids is 1. The van der Waals surface area contributed by atoms with Crippen molar-refractivity contribution < 1.29 is 24.2 Å². The largest absolute Gasteiger partial charge is 0.491 e. The molecule has 0 radical (unpaired) electrons. The highest BCUT2D eigenvalue weighted by atomic mass is 16.5. The van der Waals surface area contributed by atoms with Gasteiger partial charge in [-0.15, -0.1) is 0 Å². The summed E-state index contributed by atoms with van der Waals surface area (Å²) in [5.41, 5.74) is 0.610. The van der Waals surface area contributed by atoms with E-state index in [0.717, 1.165) is 0 Å². The van der Waals surface area contributed by atoms with Crippen LogP contribution in [0, 0.1) is 5.92 Å². The third-order valence-corrected chi connectivity index (χ3v) is 3.47. The van der Waals surface area contributed by atoms with E-state index < -0.39 is 11.9 Å². The Balaban J connectivity index is 1.89. The number of ether oxygens (including phenoxy) is 2. The number of benzene rings is 1. The van der Waals surface area contributed by atoms with Crippen molar-refractivity contribution in [2.75, 3.05) is 38.7 Å². The number of carboxylic acids is 1. The van der Waals surface area contributed by atoms with E-state index in [0.29, 0.717) is 37.6 Å². The summed E-state index contributed by atoms with van der Waals surface area (Å²) in [7, 11) is 1.60. The molecular weight excluding hydrogens is 288 g/mol. The standard InChI is InChI=1S/C15H20N2O5/c1-21-7-8-22-13-4-2-3-12(9-13)16-15(20)17-6-5-11(10-17)14(18)19/h2-4,9,11H,5-8,10H2,1H3,(H,16,20)(H,18,19). The molecule has 1 saturated heterocycles. The van der Waals surface area contributed by atoms with Crippen molar-refractivity contribution in [2.45, 2.75) is 6.42 Å². The second kappa shape index (κ2) is 7.65. The Hall–Kier alpha value is -2.28. The predicted octanol–water partition coefficient (Wildman–Crippen LogP) is 1.65. The molecule has 120 valence electrons. The fourth-order valence-electron chi connectivity index (χ4n) is 2.26. The molecule has 0 saturated carbocycles. The van der Waals surface area contributed by atoms with Crippen molar-refractivity contribution in [1.82, 2.24) is 4.90 Å². The zero-order valence-electron chi connectivity index (χ0n) is 12.4. The highest BCUT2D eigenvalue weighted by Gasteiger charge is 2.30. The smallest absolute Gasteiger partial charge is 0.321 e. The third kappa shape index (κ3) is 4.36. The molecular formula is C15H20N2O5. The Kier molecular flexibility index (Phi) is 5.60. The van der Waals surface area contributed by atoms with Crippen LogP contribution in [-0.4, -0.2) is 55.4 Å². The van der Waals surface area contributed by atoms with E-state index in [4.69, 9.17) is 14.6 Å². The number of nitrogens with one attached hydrogen (secondary N) is 1. The molecule has 1 aliphatic heterocycles. The molecule has 22 heavy (non-hydrogen) atoms. The maximum absolute atomic E-state index is 12.1. The summed E-state index contributed by atoms with van der Waals surface area (Å²) in [4.78, 5) is 24.5. The van der Waals surface area contributed by atoms with Gasteiger partial charge in [-0.25, -0.2) is 4.79 Å². The summed E-state index contributed by atoms with van der Waals surface area (Å²) >= 11 is 0. The van der Waals surface area contributed by atoms with Crippen LogP contribution in [0.5, 0.6) is 5.75 Å². The number of hydrogen-bond donors (Lipinski definition) is 2. The first kappa shape index (κ1) is 16.1. The van der Waals surface area contributed by atoms with Gasteiger partial charge in [0.05, 0.1) is 12.5 Å². The fraction of sp³-hybridized carbons (Fsp3) is 0.467. The quantitative estimate of drug-likeness (QED) is 0.780. The van der Waals surface area contributed by atoms with Crippen molar-refractivity contribution in [2.24, 2.45) is 5.92 Å². The number of nitrogens with zero attached hydrogens (tertiary/aromatic N) is 1. The molecule has 1 fully saturated rings. The van der Waals surface area contributed by atoms with Crippen molar-refractivity contribution in [3.8, 4) is 5.75 Å². The highest BCUT2D eigenvalue weighted by Crippen LogP contribution is 2.20. The van der Waals surface area contributed by atoms with Gasteiger partial charge in [0.2, 0.25) is 0 Å². The number of rotatable bonds is 6. The Bertz CT molecular complexity index is 534. The first-order valence-electron chi connectivity index (χ1n) is 7.10. The van der Waals surface area contributed by atoms with Crippen LogP contribution in [0.1, 0.15) is 6.42 Å². The third-order valence-electron chi connectivity index (χ3n) is 3.47. The molecule has 1 aliphatic rings. The lowest BCUT2D eigenvalue weighted by molar-refractivity contribution is -0.141. The van der Waals surface area contributed by atoms with Crippen molar-refractivity contribution in [3.63, 3.8) is 0 Å². The summed E-state index contributed by atoms with van der Waals surface area (Å²) in [6.07, 6.45) is 0.489. The molecule has 1 aromatic rings. The molecule has 7 heteroatoms. The van der Waals surface area contributed by atoms with Crippen LogP contribution in [0.15, 0.2) is 24.3 Å². The lowest BCUT2D eigenvalue weighted by Crippen LogP contribution is -2.33. The second-order valence-electron chi connectivity index (χ2n) is 5.07. The first-order valence-corrected chi connectivity index (χ1v) is 7.10. The minimum absolute atomic E-state index is 0.241. The maximum Gasteiger partial charge on any atom is 0.321 e. The molecule has 0 spiro atoms. The fourth-order valence-corrected chi connectivity index (χ4v) is 2.26. The van der Waals surface area contributed by atoms with E-state index in [9.17, 15) is 9.59 Å². The van der Waals surface area contributed by atoms with Gasteiger partial charge in [-0.2, -0.15) is 0 Å². The Morgan fingerprint density at radius 2 is 2.23 bits per heavy atom. The molecule has 7 nitrogen and oxygen atoms in total. The van der Waals surface area contributed by atoms with E-state index in [1.165, 1.54) is 4.90 Å². The van der Waals surface area contributed by atoms with Crippen LogP contribution >= 0.6 is 0 Å². The number of anilines is 1. The van der Waals surface area contributed by atoms with Crippen molar-refractivity contribution in [1.29, 1.82) is 0 Å².